The predicted octanol–water partition coefficient (Wildman–Crippen LogP) is 2.43. The van der Waals surface area contributed by atoms with Crippen molar-refractivity contribution in [2.45, 2.75) is 25.9 Å². The van der Waals surface area contributed by atoms with Gasteiger partial charge < -0.3 is 14.4 Å². The number of nitrogens with zero attached hydrogens (tertiary/aromatic N) is 3. The molecule has 0 aliphatic heterocycles. The van der Waals surface area contributed by atoms with Gasteiger partial charge in [0, 0.05) is 25.0 Å². The first-order valence-electron chi connectivity index (χ1n) is 7.55. The summed E-state index contributed by atoms with van der Waals surface area (Å²) in [6.07, 6.45) is 7.09. The maximum Gasteiger partial charge on any atom is 0.273 e. The van der Waals surface area contributed by atoms with Gasteiger partial charge in [0.05, 0.1) is 6.54 Å². The summed E-state index contributed by atoms with van der Waals surface area (Å²) in [5.74, 6) is 0.562. The summed E-state index contributed by atoms with van der Waals surface area (Å²) in [6.45, 7) is 1.23. The lowest BCUT2D eigenvalue weighted by atomic mass is 10.1. The maximum atomic E-state index is 11.8. The van der Waals surface area contributed by atoms with Crippen LogP contribution in [0.4, 0.5) is 0 Å². The molecule has 0 atom stereocenters. The summed E-state index contributed by atoms with van der Waals surface area (Å²) in [5, 5.41) is 6.40. The SMILES string of the molecule is O=C(NCc1nccn1CCCc1ccccc1)c1ccon1. The normalized spacial score (nSPS) is 10.6. The molecule has 0 saturated heterocycles. The number of nitrogens with one attached hydrogen (secondary N) is 1. The highest BCUT2D eigenvalue weighted by atomic mass is 16.5. The van der Waals surface area contributed by atoms with E-state index >= 15 is 0 Å². The van der Waals surface area contributed by atoms with Crippen LogP contribution in [-0.4, -0.2) is 20.6 Å². The van der Waals surface area contributed by atoms with Gasteiger partial charge in [-0.25, -0.2) is 4.98 Å². The fourth-order valence-electron chi connectivity index (χ4n) is 2.39. The van der Waals surface area contributed by atoms with Crippen molar-refractivity contribution in [2.75, 3.05) is 0 Å². The van der Waals surface area contributed by atoms with Gasteiger partial charge in [0.2, 0.25) is 0 Å². The van der Waals surface area contributed by atoms with Crippen molar-refractivity contribution in [2.24, 2.45) is 0 Å². The molecule has 0 fully saturated rings. The van der Waals surface area contributed by atoms with Crippen LogP contribution in [0.25, 0.3) is 0 Å². The Bertz CT molecular complexity index is 735. The van der Waals surface area contributed by atoms with Crippen LogP contribution in [0.5, 0.6) is 0 Å². The van der Waals surface area contributed by atoms with Gasteiger partial charge in [-0.2, -0.15) is 0 Å². The van der Waals surface area contributed by atoms with Crippen LogP contribution in [0.3, 0.4) is 0 Å². The maximum absolute atomic E-state index is 11.8. The second kappa shape index (κ2) is 7.40. The van der Waals surface area contributed by atoms with Crippen molar-refractivity contribution in [3.05, 3.63) is 72.1 Å². The molecule has 1 N–H and O–H groups in total. The second-order valence-electron chi connectivity index (χ2n) is 5.19. The Labute approximate surface area is 134 Å². The average molecular weight is 310 g/mol. The van der Waals surface area contributed by atoms with E-state index in [4.69, 9.17) is 0 Å². The minimum absolute atomic E-state index is 0.266. The Morgan fingerprint density at radius 1 is 1.22 bits per heavy atom. The van der Waals surface area contributed by atoms with E-state index in [9.17, 15) is 4.79 Å². The van der Waals surface area contributed by atoms with Gasteiger partial charge in [0.15, 0.2) is 5.69 Å². The molecule has 0 aliphatic carbocycles. The number of aromatic nitrogens is 3. The standard InChI is InChI=1S/C17H18N4O2/c22-17(15-8-12-23-20-15)19-13-16-18-9-11-21(16)10-4-7-14-5-2-1-3-6-14/h1-3,5-6,8-9,11-12H,4,7,10,13H2,(H,19,22). The topological polar surface area (TPSA) is 73.0 Å². The molecule has 2 aromatic heterocycles. The summed E-state index contributed by atoms with van der Waals surface area (Å²) in [5.41, 5.74) is 1.60. The minimum atomic E-state index is -0.266. The van der Waals surface area contributed by atoms with Crippen molar-refractivity contribution in [1.29, 1.82) is 0 Å². The van der Waals surface area contributed by atoms with Crippen molar-refractivity contribution in [3.63, 3.8) is 0 Å². The van der Waals surface area contributed by atoms with Crippen LogP contribution >= 0.6 is 0 Å². The highest BCUT2D eigenvalue weighted by Gasteiger charge is 2.10. The van der Waals surface area contributed by atoms with Gasteiger partial charge in [-0.15, -0.1) is 0 Å². The first-order chi connectivity index (χ1) is 11.3. The molecule has 0 unspecified atom stereocenters. The molecule has 3 aromatic rings. The van der Waals surface area contributed by atoms with Gasteiger partial charge in [0.25, 0.3) is 5.91 Å². The van der Waals surface area contributed by atoms with Crippen molar-refractivity contribution in [3.8, 4) is 0 Å². The number of hydrogen-bond acceptors (Lipinski definition) is 4. The summed E-state index contributed by atoms with van der Waals surface area (Å²) in [6, 6.07) is 11.9. The number of aryl methyl sites for hydroxylation is 2. The van der Waals surface area contributed by atoms with E-state index in [1.165, 1.54) is 17.9 Å². The zero-order valence-corrected chi connectivity index (χ0v) is 12.7. The highest BCUT2D eigenvalue weighted by Crippen LogP contribution is 2.06. The van der Waals surface area contributed by atoms with Crippen LogP contribution in [0.1, 0.15) is 28.3 Å². The molecule has 6 heteroatoms. The van der Waals surface area contributed by atoms with Gasteiger partial charge in [-0.1, -0.05) is 35.5 Å². The first kappa shape index (κ1) is 15.0. The molecule has 3 rings (SSSR count). The van der Waals surface area contributed by atoms with Gasteiger partial charge >= 0.3 is 0 Å². The zero-order valence-electron chi connectivity index (χ0n) is 12.7. The Morgan fingerprint density at radius 3 is 2.87 bits per heavy atom. The summed E-state index contributed by atoms with van der Waals surface area (Å²) < 4.78 is 6.72. The second-order valence-corrected chi connectivity index (χ2v) is 5.19. The molecular formula is C17H18N4O2. The average Bonchev–Trinajstić information content (AvgIpc) is 3.26. The number of amides is 1. The monoisotopic (exact) mass is 310 g/mol. The zero-order chi connectivity index (χ0) is 15.9. The molecule has 0 saturated carbocycles. The van der Waals surface area contributed by atoms with Crippen LogP contribution < -0.4 is 5.32 Å². The van der Waals surface area contributed by atoms with Crippen LogP contribution in [-0.2, 0) is 19.5 Å². The number of carbonyl (C=O) groups excluding carboxylic acids is 1. The smallest absolute Gasteiger partial charge is 0.273 e. The van der Waals surface area contributed by atoms with E-state index in [1.807, 2.05) is 12.3 Å². The van der Waals surface area contributed by atoms with E-state index in [1.54, 1.807) is 6.20 Å². The van der Waals surface area contributed by atoms with Crippen LogP contribution in [0, 0.1) is 0 Å². The van der Waals surface area contributed by atoms with Gasteiger partial charge in [-0.05, 0) is 18.4 Å². The summed E-state index contributed by atoms with van der Waals surface area (Å²) >= 11 is 0. The van der Waals surface area contributed by atoms with Crippen LogP contribution in [0.15, 0.2) is 59.6 Å². The molecule has 6 nitrogen and oxygen atoms in total. The van der Waals surface area contributed by atoms with Crippen LogP contribution in [0.2, 0.25) is 0 Å². The van der Waals surface area contributed by atoms with E-state index in [2.05, 4.69) is 48.8 Å². The molecule has 1 amide bonds. The number of imidazole rings is 1. The third kappa shape index (κ3) is 4.06. The molecule has 0 radical (unpaired) electrons. The Morgan fingerprint density at radius 2 is 2.09 bits per heavy atom. The Hall–Kier alpha value is -2.89. The Kier molecular flexibility index (Phi) is 4.83. The molecule has 2 heterocycles. The molecule has 1 aromatic carbocycles. The predicted molar refractivity (Wildman–Crippen MR) is 84.7 cm³/mol. The molecule has 118 valence electrons. The number of rotatable bonds is 7. The van der Waals surface area contributed by atoms with Crippen molar-refractivity contribution >= 4 is 5.91 Å². The van der Waals surface area contributed by atoms with E-state index in [-0.39, 0.29) is 11.6 Å². The fraction of sp³-hybridized carbons (Fsp3) is 0.235. The fourth-order valence-corrected chi connectivity index (χ4v) is 2.39. The van der Waals surface area contributed by atoms with Gasteiger partial charge in [-0.3, -0.25) is 4.79 Å². The quantitative estimate of drug-likeness (QED) is 0.727. The van der Waals surface area contributed by atoms with Gasteiger partial charge in [0.1, 0.15) is 12.1 Å². The largest absolute Gasteiger partial charge is 0.364 e. The lowest BCUT2D eigenvalue weighted by Crippen LogP contribution is -2.25. The summed E-state index contributed by atoms with van der Waals surface area (Å²) in [4.78, 5) is 16.1. The Balaban J connectivity index is 1.50. The minimum Gasteiger partial charge on any atom is -0.364 e. The molecule has 0 aliphatic rings. The molecule has 0 spiro atoms. The molecule has 23 heavy (non-hydrogen) atoms. The molecule has 0 bridgehead atoms. The van der Waals surface area contributed by atoms with E-state index < -0.39 is 0 Å². The first-order valence-corrected chi connectivity index (χ1v) is 7.55. The summed E-state index contributed by atoms with van der Waals surface area (Å²) in [7, 11) is 0. The third-order valence-corrected chi connectivity index (χ3v) is 3.59. The highest BCUT2D eigenvalue weighted by molar-refractivity contribution is 5.91. The number of hydrogen-bond donors (Lipinski definition) is 1. The lowest BCUT2D eigenvalue weighted by molar-refractivity contribution is 0.0940. The molecular weight excluding hydrogens is 292 g/mol. The van der Waals surface area contributed by atoms with E-state index in [0.717, 1.165) is 25.2 Å². The van der Waals surface area contributed by atoms with E-state index in [0.29, 0.717) is 6.54 Å². The number of carbonyl (C=O) groups is 1. The van der Waals surface area contributed by atoms with Crippen molar-refractivity contribution < 1.29 is 9.32 Å². The number of benzene rings is 1. The lowest BCUT2D eigenvalue weighted by Gasteiger charge is -2.08. The third-order valence-electron chi connectivity index (χ3n) is 3.59. The van der Waals surface area contributed by atoms with Crippen molar-refractivity contribution in [1.82, 2.24) is 20.0 Å².